The van der Waals surface area contributed by atoms with Gasteiger partial charge in [-0.25, -0.2) is 4.57 Å². The summed E-state index contributed by atoms with van der Waals surface area (Å²) in [6.07, 6.45) is 42.2. The first-order chi connectivity index (χ1) is 24.8. The van der Waals surface area contributed by atoms with Gasteiger partial charge in [-0.3, -0.25) is 14.1 Å². The molecule has 1 atom stereocenters. The molecule has 8 nitrogen and oxygen atoms in total. The number of phosphoric ester groups is 1. The third kappa shape index (κ3) is 41.4. The Morgan fingerprint density at radius 1 is 0.490 bits per heavy atom. The van der Waals surface area contributed by atoms with Crippen molar-refractivity contribution in [3.8, 4) is 0 Å². The molecule has 0 heterocycles. The summed E-state index contributed by atoms with van der Waals surface area (Å²) >= 11 is 0. The number of carbonyl (C=O) groups excluding carboxylic acids is 2. The lowest BCUT2D eigenvalue weighted by atomic mass is 10.0. The normalized spacial score (nSPS) is 12.5. The maximum atomic E-state index is 12.4. The van der Waals surface area contributed by atoms with Crippen LogP contribution in [0.1, 0.15) is 226 Å². The van der Waals surface area contributed by atoms with Gasteiger partial charge in [0.05, 0.1) is 6.61 Å². The number of ether oxygens (including phenoxy) is 2. The summed E-state index contributed by atoms with van der Waals surface area (Å²) in [5, 5.41) is 0. The number of phosphoric acid groups is 1. The molecule has 0 amide bonds. The standard InChI is InChI=1S/C42H81O8P/c1-3-5-7-9-11-13-15-17-19-20-21-22-23-25-26-28-30-32-34-36-41(43)48-38-40(39-49-51(45,46)47)50-42(44)37-35-33-31-29-27-24-18-16-14-12-10-8-6-4-2/h16,18,40H,3-15,17,19-39H2,1-2H3,(H2,45,46,47)/b18-16+/t40-/m1/s1. The van der Waals surface area contributed by atoms with Crippen molar-refractivity contribution in [1.29, 1.82) is 0 Å². The fraction of sp³-hybridized carbons (Fsp3) is 0.905. The van der Waals surface area contributed by atoms with Gasteiger partial charge >= 0.3 is 19.8 Å². The Morgan fingerprint density at radius 3 is 1.20 bits per heavy atom. The van der Waals surface area contributed by atoms with Gasteiger partial charge in [-0.1, -0.05) is 187 Å². The highest BCUT2D eigenvalue weighted by Gasteiger charge is 2.22. The van der Waals surface area contributed by atoms with E-state index in [1.807, 2.05) is 0 Å². The summed E-state index contributed by atoms with van der Waals surface area (Å²) in [6.45, 7) is 3.69. The second-order valence-electron chi connectivity index (χ2n) is 14.7. The van der Waals surface area contributed by atoms with Crippen LogP contribution in [-0.4, -0.2) is 41.0 Å². The van der Waals surface area contributed by atoms with Crippen molar-refractivity contribution in [2.45, 2.75) is 232 Å². The summed E-state index contributed by atoms with van der Waals surface area (Å²) < 4.78 is 26.4. The fourth-order valence-corrected chi connectivity index (χ4v) is 6.67. The van der Waals surface area contributed by atoms with Gasteiger partial charge in [0.1, 0.15) is 6.61 Å². The summed E-state index contributed by atoms with van der Waals surface area (Å²) in [6, 6.07) is 0. The first kappa shape index (κ1) is 49.8. The number of rotatable bonds is 40. The second kappa shape index (κ2) is 38.5. The average molecular weight is 745 g/mol. The van der Waals surface area contributed by atoms with Gasteiger partial charge in [-0.15, -0.1) is 0 Å². The van der Waals surface area contributed by atoms with Crippen LogP contribution in [0.5, 0.6) is 0 Å². The van der Waals surface area contributed by atoms with E-state index >= 15 is 0 Å². The van der Waals surface area contributed by atoms with Crippen LogP contribution in [0.15, 0.2) is 12.2 Å². The van der Waals surface area contributed by atoms with Crippen LogP contribution in [0.2, 0.25) is 0 Å². The van der Waals surface area contributed by atoms with Crippen molar-refractivity contribution in [3.05, 3.63) is 12.2 Å². The molecule has 0 aliphatic carbocycles. The molecule has 0 aliphatic heterocycles. The van der Waals surface area contributed by atoms with Crippen LogP contribution in [0.25, 0.3) is 0 Å². The van der Waals surface area contributed by atoms with E-state index in [2.05, 4.69) is 30.5 Å². The largest absolute Gasteiger partial charge is 0.469 e. The van der Waals surface area contributed by atoms with Crippen molar-refractivity contribution in [2.75, 3.05) is 13.2 Å². The SMILES string of the molecule is CCCCCCC/C=C/CCCCCCCC(=O)O[C@H](COC(=O)CCCCCCCCCCCCCCCCCCCCC)COP(=O)(O)O. The molecule has 0 radical (unpaired) electrons. The molecule has 9 heteroatoms. The van der Waals surface area contributed by atoms with E-state index in [9.17, 15) is 14.2 Å². The van der Waals surface area contributed by atoms with Gasteiger partial charge in [0.25, 0.3) is 0 Å². The quantitative estimate of drug-likeness (QED) is 0.0275. The van der Waals surface area contributed by atoms with Crippen LogP contribution < -0.4 is 0 Å². The van der Waals surface area contributed by atoms with E-state index in [0.717, 1.165) is 51.4 Å². The predicted molar refractivity (Wildman–Crippen MR) is 212 cm³/mol. The molecule has 0 aromatic carbocycles. The van der Waals surface area contributed by atoms with Crippen LogP contribution in [0.4, 0.5) is 0 Å². The van der Waals surface area contributed by atoms with Crippen molar-refractivity contribution in [3.63, 3.8) is 0 Å². The second-order valence-corrected chi connectivity index (χ2v) is 15.9. The first-order valence-electron chi connectivity index (χ1n) is 21.5. The van der Waals surface area contributed by atoms with Crippen molar-refractivity contribution in [2.24, 2.45) is 0 Å². The average Bonchev–Trinajstić information content (AvgIpc) is 3.10. The van der Waals surface area contributed by atoms with E-state index < -0.39 is 32.5 Å². The zero-order valence-corrected chi connectivity index (χ0v) is 34.2. The first-order valence-corrected chi connectivity index (χ1v) is 23.0. The van der Waals surface area contributed by atoms with Crippen LogP contribution in [0.3, 0.4) is 0 Å². The number of hydrogen-bond acceptors (Lipinski definition) is 6. The van der Waals surface area contributed by atoms with Gasteiger partial charge in [0.2, 0.25) is 0 Å². The van der Waals surface area contributed by atoms with Crippen LogP contribution >= 0.6 is 7.82 Å². The Kier molecular flexibility index (Phi) is 37.6. The lowest BCUT2D eigenvalue weighted by Gasteiger charge is -2.18. The third-order valence-corrected chi connectivity index (χ3v) is 10.0. The highest BCUT2D eigenvalue weighted by molar-refractivity contribution is 7.46. The molecular weight excluding hydrogens is 663 g/mol. The number of allylic oxidation sites excluding steroid dienone is 2. The highest BCUT2D eigenvalue weighted by atomic mass is 31.2. The van der Waals surface area contributed by atoms with Gasteiger partial charge in [0.15, 0.2) is 6.10 Å². The Hall–Kier alpha value is -1.21. The molecule has 2 N–H and O–H groups in total. The van der Waals surface area contributed by atoms with Gasteiger partial charge in [-0.05, 0) is 38.5 Å². The fourth-order valence-electron chi connectivity index (χ4n) is 6.31. The Balaban J connectivity index is 3.85. The number of unbranched alkanes of at least 4 members (excludes halogenated alkanes) is 28. The maximum Gasteiger partial charge on any atom is 0.469 e. The van der Waals surface area contributed by atoms with E-state index in [-0.39, 0.29) is 19.4 Å². The molecule has 0 fully saturated rings. The minimum atomic E-state index is -4.75. The third-order valence-electron chi connectivity index (χ3n) is 9.53. The monoisotopic (exact) mass is 745 g/mol. The zero-order chi connectivity index (χ0) is 37.5. The minimum Gasteiger partial charge on any atom is -0.462 e. The summed E-state index contributed by atoms with van der Waals surface area (Å²) in [4.78, 5) is 42.8. The van der Waals surface area contributed by atoms with Crippen LogP contribution in [-0.2, 0) is 28.2 Å². The van der Waals surface area contributed by atoms with E-state index in [4.69, 9.17) is 19.3 Å². The van der Waals surface area contributed by atoms with Crippen molar-refractivity contribution >= 4 is 19.8 Å². The van der Waals surface area contributed by atoms with Gasteiger partial charge in [-0.2, -0.15) is 0 Å². The summed E-state index contributed by atoms with van der Waals surface area (Å²) in [5.74, 6) is -0.882. The summed E-state index contributed by atoms with van der Waals surface area (Å²) in [7, 11) is -4.75. The van der Waals surface area contributed by atoms with Gasteiger partial charge in [0, 0.05) is 12.8 Å². The molecule has 51 heavy (non-hydrogen) atoms. The lowest BCUT2D eigenvalue weighted by Crippen LogP contribution is -2.29. The molecule has 0 rings (SSSR count). The smallest absolute Gasteiger partial charge is 0.462 e. The van der Waals surface area contributed by atoms with Crippen LogP contribution in [0, 0.1) is 0 Å². The van der Waals surface area contributed by atoms with Crippen molar-refractivity contribution in [1.82, 2.24) is 0 Å². The molecule has 0 aromatic rings. The molecular formula is C42H81O8P. The Morgan fingerprint density at radius 2 is 0.824 bits per heavy atom. The topological polar surface area (TPSA) is 119 Å². The Bertz CT molecular complexity index is 843. The van der Waals surface area contributed by atoms with E-state index in [1.165, 1.54) is 141 Å². The predicted octanol–water partition coefficient (Wildman–Crippen LogP) is 13.0. The molecule has 0 saturated carbocycles. The summed E-state index contributed by atoms with van der Waals surface area (Å²) in [5.41, 5.74) is 0. The van der Waals surface area contributed by atoms with Gasteiger partial charge < -0.3 is 19.3 Å². The number of esters is 2. The molecule has 0 unspecified atom stereocenters. The molecule has 0 saturated heterocycles. The molecule has 0 bridgehead atoms. The van der Waals surface area contributed by atoms with E-state index in [0.29, 0.717) is 6.42 Å². The number of hydrogen-bond donors (Lipinski definition) is 2. The zero-order valence-electron chi connectivity index (χ0n) is 33.3. The van der Waals surface area contributed by atoms with Crippen molar-refractivity contribution < 1.29 is 37.9 Å². The molecule has 0 spiro atoms. The molecule has 302 valence electrons. The minimum absolute atomic E-state index is 0.206. The molecule has 0 aromatic heterocycles. The maximum absolute atomic E-state index is 12.4. The Labute approximate surface area is 314 Å². The number of carbonyl (C=O) groups is 2. The molecule has 0 aliphatic rings. The highest BCUT2D eigenvalue weighted by Crippen LogP contribution is 2.36. The van der Waals surface area contributed by atoms with E-state index in [1.54, 1.807) is 0 Å². The lowest BCUT2D eigenvalue weighted by molar-refractivity contribution is -0.161.